The normalized spacial score (nSPS) is 11.1. The first-order valence-corrected chi connectivity index (χ1v) is 7.35. The minimum absolute atomic E-state index is 0.0338. The Hall–Kier alpha value is -1.71. The molecular formula is C10H10BrN5O2S. The second kappa shape index (κ2) is 5.51. The molecule has 0 aromatic carbocycles. The number of halogens is 1. The van der Waals surface area contributed by atoms with Gasteiger partial charge in [-0.05, 0) is 34.1 Å². The third kappa shape index (κ3) is 3.40. The molecule has 2 rings (SSSR count). The van der Waals surface area contributed by atoms with Crippen molar-refractivity contribution >= 4 is 37.5 Å². The molecule has 0 unspecified atom stereocenters. The molecule has 0 spiro atoms. The summed E-state index contributed by atoms with van der Waals surface area (Å²) in [5.41, 5.74) is 2.68. The van der Waals surface area contributed by atoms with Gasteiger partial charge >= 0.3 is 0 Å². The molecule has 0 fully saturated rings. The van der Waals surface area contributed by atoms with Crippen LogP contribution in [-0.2, 0) is 10.0 Å². The van der Waals surface area contributed by atoms with E-state index in [1.54, 1.807) is 12.3 Å². The number of nitrogens with zero attached hydrogens (tertiary/aromatic N) is 2. The van der Waals surface area contributed by atoms with Crippen molar-refractivity contribution < 1.29 is 8.42 Å². The summed E-state index contributed by atoms with van der Waals surface area (Å²) in [5, 5.41) is 0. The van der Waals surface area contributed by atoms with Crippen molar-refractivity contribution in [2.45, 2.75) is 4.90 Å². The highest BCUT2D eigenvalue weighted by molar-refractivity contribution is 9.10. The third-order valence-electron chi connectivity index (χ3n) is 2.15. The first-order valence-electron chi connectivity index (χ1n) is 5.07. The van der Waals surface area contributed by atoms with E-state index in [1.807, 2.05) is 0 Å². The second-order valence-electron chi connectivity index (χ2n) is 3.52. The van der Waals surface area contributed by atoms with Gasteiger partial charge < -0.3 is 5.43 Å². The zero-order valence-corrected chi connectivity index (χ0v) is 11.9. The molecule has 100 valence electrons. The highest BCUT2D eigenvalue weighted by atomic mass is 79.9. The van der Waals surface area contributed by atoms with Gasteiger partial charge in [-0.15, -0.1) is 0 Å². The summed E-state index contributed by atoms with van der Waals surface area (Å²) in [6, 6.07) is 4.47. The quantitative estimate of drug-likeness (QED) is 0.570. The van der Waals surface area contributed by atoms with E-state index in [2.05, 4.69) is 36.0 Å². The average Bonchev–Trinajstić information content (AvgIpc) is 2.38. The van der Waals surface area contributed by atoms with Gasteiger partial charge in [-0.1, -0.05) is 0 Å². The summed E-state index contributed by atoms with van der Waals surface area (Å²) in [4.78, 5) is 7.75. The molecule has 9 heteroatoms. The second-order valence-corrected chi connectivity index (χ2v) is 6.12. The highest BCUT2D eigenvalue weighted by Crippen LogP contribution is 2.18. The van der Waals surface area contributed by atoms with Crippen molar-refractivity contribution in [2.24, 2.45) is 5.84 Å². The smallest absolute Gasteiger partial charge is 0.263 e. The fraction of sp³-hybridized carbons (Fsp3) is 0. The molecule has 0 saturated carbocycles. The predicted octanol–water partition coefficient (Wildman–Crippen LogP) is 1.33. The van der Waals surface area contributed by atoms with Gasteiger partial charge in [0.2, 0.25) is 0 Å². The number of hydrazine groups is 1. The Morgan fingerprint density at radius 2 is 2.00 bits per heavy atom. The Bertz CT molecular complexity index is 675. The van der Waals surface area contributed by atoms with E-state index in [1.165, 1.54) is 24.5 Å². The van der Waals surface area contributed by atoms with Crippen LogP contribution in [0.25, 0.3) is 0 Å². The molecule has 0 aliphatic rings. The SMILES string of the molecule is NNc1ccc(S(=O)(=O)Nc2cncc(Br)c2)cn1. The van der Waals surface area contributed by atoms with Crippen LogP contribution >= 0.6 is 15.9 Å². The van der Waals surface area contributed by atoms with Crippen molar-refractivity contribution in [3.05, 3.63) is 41.3 Å². The van der Waals surface area contributed by atoms with Crippen LogP contribution in [0.5, 0.6) is 0 Å². The molecule has 4 N–H and O–H groups in total. The van der Waals surface area contributed by atoms with Crippen LogP contribution in [0.15, 0.2) is 46.2 Å². The lowest BCUT2D eigenvalue weighted by molar-refractivity contribution is 0.601. The zero-order valence-electron chi connectivity index (χ0n) is 9.54. The number of hydrogen-bond acceptors (Lipinski definition) is 6. The van der Waals surface area contributed by atoms with E-state index in [9.17, 15) is 8.42 Å². The molecule has 0 atom stereocenters. The van der Waals surface area contributed by atoms with Gasteiger partial charge in [-0.2, -0.15) is 0 Å². The van der Waals surface area contributed by atoms with Gasteiger partial charge in [0.15, 0.2) is 0 Å². The Kier molecular flexibility index (Phi) is 3.98. The molecule has 0 aliphatic carbocycles. The molecule has 2 aromatic rings. The maximum atomic E-state index is 12.1. The van der Waals surface area contributed by atoms with E-state index in [0.717, 1.165) is 0 Å². The Labute approximate surface area is 118 Å². The van der Waals surface area contributed by atoms with Crippen molar-refractivity contribution in [3.63, 3.8) is 0 Å². The van der Waals surface area contributed by atoms with Crippen molar-refractivity contribution in [1.82, 2.24) is 9.97 Å². The number of nitrogens with two attached hydrogens (primary N) is 1. The number of hydrogen-bond donors (Lipinski definition) is 3. The molecule has 0 amide bonds. The largest absolute Gasteiger partial charge is 0.308 e. The van der Waals surface area contributed by atoms with E-state index >= 15 is 0 Å². The number of pyridine rings is 2. The maximum Gasteiger partial charge on any atom is 0.263 e. The zero-order chi connectivity index (χ0) is 13.9. The Morgan fingerprint density at radius 3 is 2.58 bits per heavy atom. The fourth-order valence-electron chi connectivity index (χ4n) is 1.31. The van der Waals surface area contributed by atoms with E-state index < -0.39 is 10.0 Å². The molecule has 0 bridgehead atoms. The predicted molar refractivity (Wildman–Crippen MR) is 74.8 cm³/mol. The molecule has 0 saturated heterocycles. The van der Waals surface area contributed by atoms with Crippen LogP contribution in [0.2, 0.25) is 0 Å². The molecule has 0 radical (unpaired) electrons. The van der Waals surface area contributed by atoms with Crippen LogP contribution in [0.3, 0.4) is 0 Å². The number of sulfonamides is 1. The number of nitrogens with one attached hydrogen (secondary N) is 2. The van der Waals surface area contributed by atoms with Crippen LogP contribution in [0.1, 0.15) is 0 Å². The van der Waals surface area contributed by atoms with E-state index in [0.29, 0.717) is 16.0 Å². The maximum absolute atomic E-state index is 12.1. The van der Waals surface area contributed by atoms with Crippen LogP contribution < -0.4 is 16.0 Å². The molecule has 0 aliphatic heterocycles. The molecule has 2 aromatic heterocycles. The monoisotopic (exact) mass is 343 g/mol. The van der Waals surface area contributed by atoms with E-state index in [-0.39, 0.29) is 4.90 Å². The lowest BCUT2D eigenvalue weighted by atomic mass is 10.4. The first-order chi connectivity index (χ1) is 9.01. The summed E-state index contributed by atoms with van der Waals surface area (Å²) in [5.74, 6) is 5.54. The molecular weight excluding hydrogens is 334 g/mol. The summed E-state index contributed by atoms with van der Waals surface area (Å²) in [7, 11) is -3.70. The number of nitrogen functional groups attached to an aromatic ring is 1. The Morgan fingerprint density at radius 1 is 1.21 bits per heavy atom. The third-order valence-corrected chi connectivity index (χ3v) is 3.95. The van der Waals surface area contributed by atoms with Gasteiger partial charge in [0.05, 0.1) is 11.9 Å². The topological polar surface area (TPSA) is 110 Å². The molecule has 2 heterocycles. The lowest BCUT2D eigenvalue weighted by Gasteiger charge is -2.08. The average molecular weight is 344 g/mol. The highest BCUT2D eigenvalue weighted by Gasteiger charge is 2.14. The Balaban J connectivity index is 2.27. The van der Waals surface area contributed by atoms with Gasteiger partial charge in [0, 0.05) is 16.9 Å². The fourth-order valence-corrected chi connectivity index (χ4v) is 2.65. The summed E-state index contributed by atoms with van der Waals surface area (Å²) in [6.07, 6.45) is 4.18. The standard InChI is InChI=1S/C10H10BrN5O2S/c11-7-3-8(5-13-4-7)16-19(17,18)9-1-2-10(15-12)14-6-9/h1-6,16H,12H2,(H,14,15). The summed E-state index contributed by atoms with van der Waals surface area (Å²) >= 11 is 3.21. The number of anilines is 2. The van der Waals surface area contributed by atoms with Crippen molar-refractivity contribution in [1.29, 1.82) is 0 Å². The first kappa shape index (κ1) is 13.7. The molecule has 19 heavy (non-hydrogen) atoms. The van der Waals surface area contributed by atoms with Gasteiger partial charge in [-0.3, -0.25) is 9.71 Å². The van der Waals surface area contributed by atoms with Crippen molar-refractivity contribution in [3.8, 4) is 0 Å². The van der Waals surface area contributed by atoms with Crippen molar-refractivity contribution in [2.75, 3.05) is 10.1 Å². The van der Waals surface area contributed by atoms with Gasteiger partial charge in [0.25, 0.3) is 10.0 Å². The molecule has 7 nitrogen and oxygen atoms in total. The minimum atomic E-state index is -3.70. The summed E-state index contributed by atoms with van der Waals surface area (Å²) < 4.78 is 27.2. The lowest BCUT2D eigenvalue weighted by Crippen LogP contribution is -2.14. The number of aromatic nitrogens is 2. The van der Waals surface area contributed by atoms with Crippen LogP contribution in [0, 0.1) is 0 Å². The van der Waals surface area contributed by atoms with Crippen LogP contribution in [0.4, 0.5) is 11.5 Å². The van der Waals surface area contributed by atoms with E-state index in [4.69, 9.17) is 5.84 Å². The number of rotatable bonds is 4. The minimum Gasteiger partial charge on any atom is -0.308 e. The summed E-state index contributed by atoms with van der Waals surface area (Å²) in [6.45, 7) is 0. The van der Waals surface area contributed by atoms with Gasteiger partial charge in [0.1, 0.15) is 10.7 Å². The van der Waals surface area contributed by atoms with Crippen LogP contribution in [-0.4, -0.2) is 18.4 Å². The van der Waals surface area contributed by atoms with Gasteiger partial charge in [-0.25, -0.2) is 19.2 Å².